The molecule has 0 unspecified atom stereocenters. The normalized spacial score (nSPS) is 10.0. The number of carbonyl (C=O) groups excluding carboxylic acids is 2. The zero-order chi connectivity index (χ0) is 13.8. The molecule has 1 aromatic heterocycles. The summed E-state index contributed by atoms with van der Waals surface area (Å²) in [5.41, 5.74) is 1.20. The summed E-state index contributed by atoms with van der Waals surface area (Å²) >= 11 is 1.06. The van der Waals surface area contributed by atoms with Gasteiger partial charge in [0.15, 0.2) is 5.78 Å². The van der Waals surface area contributed by atoms with Gasteiger partial charge in [-0.3, -0.25) is 10.1 Å². The third kappa shape index (κ3) is 3.38. The molecule has 0 bridgehead atoms. The number of para-hydroxylation sites is 1. The zero-order valence-corrected chi connectivity index (χ0v) is 11.3. The third-order valence-electron chi connectivity index (χ3n) is 2.30. The third-order valence-corrected chi connectivity index (χ3v) is 3.43. The molecule has 6 heteroatoms. The molecule has 2 aromatic rings. The van der Waals surface area contributed by atoms with Gasteiger partial charge in [0.1, 0.15) is 0 Å². The molecular weight excluding hydrogens is 264 g/mol. The molecule has 0 saturated heterocycles. The number of ketones is 1. The average molecular weight is 276 g/mol. The highest BCUT2D eigenvalue weighted by Gasteiger charge is 2.15. The molecule has 0 fully saturated rings. The highest BCUT2D eigenvalue weighted by molar-refractivity contribution is 7.15. The Morgan fingerprint density at radius 1 is 1.26 bits per heavy atom. The predicted molar refractivity (Wildman–Crippen MR) is 72.9 cm³/mol. The number of hydrogen-bond acceptors (Lipinski definition) is 5. The maximum atomic E-state index is 11.6. The van der Waals surface area contributed by atoms with Crippen LogP contribution in [0.2, 0.25) is 0 Å². The molecule has 2 rings (SSSR count). The monoisotopic (exact) mass is 276 g/mol. The molecule has 98 valence electrons. The molecule has 1 N–H and O–H groups in total. The number of nitrogens with one attached hydrogen (secondary N) is 1. The van der Waals surface area contributed by atoms with Gasteiger partial charge in [0.25, 0.3) is 5.19 Å². The minimum absolute atomic E-state index is 0.0895. The standard InChI is InChI=1S/C13H12N2O3S/c1-8-11(9(2)16)19-13(14-8)18-12(17)15-10-6-4-3-5-7-10/h3-7H,1-2H3,(H,15,17). The zero-order valence-electron chi connectivity index (χ0n) is 10.5. The lowest BCUT2D eigenvalue weighted by molar-refractivity contribution is 0.102. The van der Waals surface area contributed by atoms with Crippen molar-refractivity contribution in [3.05, 3.63) is 40.9 Å². The van der Waals surface area contributed by atoms with E-state index in [0.29, 0.717) is 16.3 Å². The van der Waals surface area contributed by atoms with E-state index in [1.807, 2.05) is 6.07 Å². The van der Waals surface area contributed by atoms with E-state index in [4.69, 9.17) is 4.74 Å². The second-order valence-electron chi connectivity index (χ2n) is 3.83. The lowest BCUT2D eigenvalue weighted by Crippen LogP contribution is -2.16. The van der Waals surface area contributed by atoms with Crippen molar-refractivity contribution in [2.75, 3.05) is 5.32 Å². The molecule has 0 spiro atoms. The first kappa shape index (κ1) is 13.2. The van der Waals surface area contributed by atoms with Gasteiger partial charge in [0, 0.05) is 12.6 Å². The van der Waals surface area contributed by atoms with Crippen LogP contribution in [0.3, 0.4) is 0 Å². The second-order valence-corrected chi connectivity index (χ2v) is 4.79. The van der Waals surface area contributed by atoms with E-state index in [2.05, 4.69) is 10.3 Å². The van der Waals surface area contributed by atoms with E-state index < -0.39 is 6.09 Å². The van der Waals surface area contributed by atoms with Crippen molar-refractivity contribution in [1.82, 2.24) is 4.98 Å². The Kier molecular flexibility index (Phi) is 3.91. The Hall–Kier alpha value is -2.21. The van der Waals surface area contributed by atoms with Crippen LogP contribution in [0.1, 0.15) is 22.3 Å². The molecule has 5 nitrogen and oxygen atoms in total. The maximum Gasteiger partial charge on any atom is 0.419 e. The quantitative estimate of drug-likeness (QED) is 0.874. The molecular formula is C13H12N2O3S. The summed E-state index contributed by atoms with van der Waals surface area (Å²) in [6, 6.07) is 8.94. The first-order valence-corrected chi connectivity index (χ1v) is 6.40. The number of nitrogens with zero attached hydrogens (tertiary/aromatic N) is 1. The minimum Gasteiger partial charge on any atom is -0.381 e. The summed E-state index contributed by atoms with van der Waals surface area (Å²) in [6.07, 6.45) is -0.630. The summed E-state index contributed by atoms with van der Waals surface area (Å²) in [4.78, 5) is 27.4. The number of ether oxygens (including phenoxy) is 1. The number of hydrogen-bond donors (Lipinski definition) is 1. The Balaban J connectivity index is 2.03. The van der Waals surface area contributed by atoms with E-state index >= 15 is 0 Å². The highest BCUT2D eigenvalue weighted by Crippen LogP contribution is 2.25. The topological polar surface area (TPSA) is 68.3 Å². The van der Waals surface area contributed by atoms with Crippen LogP contribution in [-0.4, -0.2) is 16.9 Å². The van der Waals surface area contributed by atoms with Crippen LogP contribution in [0, 0.1) is 6.92 Å². The number of anilines is 1. The first-order chi connectivity index (χ1) is 9.06. The Morgan fingerprint density at radius 3 is 2.53 bits per heavy atom. The van der Waals surface area contributed by atoms with E-state index in [1.54, 1.807) is 31.2 Å². The minimum atomic E-state index is -0.630. The van der Waals surface area contributed by atoms with Crippen LogP contribution in [0.25, 0.3) is 0 Å². The Bertz CT molecular complexity index is 608. The van der Waals surface area contributed by atoms with Crippen molar-refractivity contribution in [2.45, 2.75) is 13.8 Å². The lowest BCUT2D eigenvalue weighted by Gasteiger charge is -2.03. The van der Waals surface area contributed by atoms with Crippen molar-refractivity contribution < 1.29 is 14.3 Å². The molecule has 0 radical (unpaired) electrons. The first-order valence-electron chi connectivity index (χ1n) is 5.58. The lowest BCUT2D eigenvalue weighted by atomic mass is 10.3. The van der Waals surface area contributed by atoms with Crippen molar-refractivity contribution in [1.29, 1.82) is 0 Å². The van der Waals surface area contributed by atoms with Crippen LogP contribution in [0.4, 0.5) is 10.5 Å². The van der Waals surface area contributed by atoms with Gasteiger partial charge in [-0.2, -0.15) is 0 Å². The van der Waals surface area contributed by atoms with Crippen molar-refractivity contribution in [3.63, 3.8) is 0 Å². The van der Waals surface area contributed by atoms with Gasteiger partial charge >= 0.3 is 6.09 Å². The Labute approximate surface area is 114 Å². The van der Waals surface area contributed by atoms with Crippen LogP contribution in [-0.2, 0) is 0 Å². The summed E-state index contributed by atoms with van der Waals surface area (Å²) in [5, 5.41) is 2.73. The second kappa shape index (κ2) is 5.62. The van der Waals surface area contributed by atoms with Crippen molar-refractivity contribution in [3.8, 4) is 5.19 Å². The summed E-state index contributed by atoms with van der Waals surface area (Å²) < 4.78 is 5.04. The summed E-state index contributed by atoms with van der Waals surface area (Å²) in [5.74, 6) is -0.0895. The highest BCUT2D eigenvalue weighted by atomic mass is 32.1. The maximum absolute atomic E-state index is 11.6. The van der Waals surface area contributed by atoms with E-state index in [9.17, 15) is 9.59 Å². The number of amides is 1. The van der Waals surface area contributed by atoms with Gasteiger partial charge in [-0.15, -0.1) is 0 Å². The number of Topliss-reactive ketones (excluding diaryl/α,β-unsaturated/α-hetero) is 1. The van der Waals surface area contributed by atoms with Gasteiger partial charge in [0.2, 0.25) is 0 Å². The van der Waals surface area contributed by atoms with Crippen LogP contribution in [0.5, 0.6) is 5.19 Å². The molecule has 0 aliphatic rings. The number of thiazole rings is 1. The fourth-order valence-corrected chi connectivity index (χ4v) is 2.30. The van der Waals surface area contributed by atoms with E-state index in [0.717, 1.165) is 11.3 Å². The smallest absolute Gasteiger partial charge is 0.381 e. The Morgan fingerprint density at radius 2 is 1.95 bits per heavy atom. The van der Waals surface area contributed by atoms with E-state index in [-0.39, 0.29) is 11.0 Å². The number of aromatic nitrogens is 1. The fourth-order valence-electron chi connectivity index (χ4n) is 1.49. The van der Waals surface area contributed by atoms with Gasteiger partial charge in [-0.05, 0) is 19.1 Å². The predicted octanol–water partition coefficient (Wildman–Crippen LogP) is 3.27. The molecule has 1 amide bonds. The molecule has 1 heterocycles. The SMILES string of the molecule is CC(=O)c1sc(OC(=O)Nc2ccccc2)nc1C. The molecule has 0 saturated carbocycles. The molecule has 1 aromatic carbocycles. The van der Waals surface area contributed by atoms with E-state index in [1.165, 1.54) is 6.92 Å². The fraction of sp³-hybridized carbons (Fsp3) is 0.154. The number of carbonyl (C=O) groups is 2. The molecule has 0 aliphatic heterocycles. The van der Waals surface area contributed by atoms with Crippen molar-refractivity contribution >= 4 is 28.9 Å². The average Bonchev–Trinajstić information content (AvgIpc) is 2.71. The van der Waals surface area contributed by atoms with Crippen molar-refractivity contribution in [2.24, 2.45) is 0 Å². The van der Waals surface area contributed by atoms with Gasteiger partial charge < -0.3 is 4.74 Å². The number of aryl methyl sites for hydroxylation is 1. The number of rotatable bonds is 3. The van der Waals surface area contributed by atoms with Gasteiger partial charge in [-0.25, -0.2) is 9.78 Å². The van der Waals surface area contributed by atoms with Gasteiger partial charge in [-0.1, -0.05) is 29.5 Å². The largest absolute Gasteiger partial charge is 0.419 e. The molecule has 0 aliphatic carbocycles. The number of benzene rings is 1. The molecule has 19 heavy (non-hydrogen) atoms. The summed E-state index contributed by atoms with van der Waals surface area (Å²) in [7, 11) is 0. The van der Waals surface area contributed by atoms with Crippen LogP contribution in [0.15, 0.2) is 30.3 Å². The van der Waals surface area contributed by atoms with Crippen LogP contribution < -0.4 is 10.1 Å². The summed E-state index contributed by atoms with van der Waals surface area (Å²) in [6.45, 7) is 3.16. The molecule has 0 atom stereocenters. The van der Waals surface area contributed by atoms with Crippen LogP contribution >= 0.6 is 11.3 Å². The van der Waals surface area contributed by atoms with Gasteiger partial charge in [0.05, 0.1) is 10.6 Å².